The number of hydrogen-bond donors (Lipinski definition) is 2. The molecule has 1 aromatic rings. The number of nitrogens with zero attached hydrogens (tertiary/aromatic N) is 1. The normalized spacial score (nSPS) is 13.3. The molecule has 0 spiro atoms. The van der Waals surface area contributed by atoms with E-state index >= 15 is 0 Å². The van der Waals surface area contributed by atoms with Crippen LogP contribution in [0, 0.1) is 0 Å². The van der Waals surface area contributed by atoms with Gasteiger partial charge in [-0.15, -0.1) is 0 Å². The molecule has 0 radical (unpaired) electrons. The fourth-order valence-electron chi connectivity index (χ4n) is 1.34. The summed E-state index contributed by atoms with van der Waals surface area (Å²) in [5.41, 5.74) is 6.11. The summed E-state index contributed by atoms with van der Waals surface area (Å²) >= 11 is 0. The molecule has 1 atom stereocenters. The highest BCUT2D eigenvalue weighted by Crippen LogP contribution is 2.16. The Morgan fingerprint density at radius 1 is 1.32 bits per heavy atom. The Kier molecular flexibility index (Phi) is 5.04. The quantitative estimate of drug-likeness (QED) is 0.829. The topological polar surface area (TPSA) is 92.5 Å². The summed E-state index contributed by atoms with van der Waals surface area (Å²) in [6, 6.07) is 5.41. The number of carbonyl (C=O) groups excluding carboxylic acids is 1. The van der Waals surface area contributed by atoms with Gasteiger partial charge in [0.25, 0.3) is 0 Å². The monoisotopic (exact) mass is 285 g/mol. The fraction of sp³-hybridized carbons (Fsp3) is 0.417. The van der Waals surface area contributed by atoms with Gasteiger partial charge in [0.05, 0.1) is 10.9 Å². The minimum absolute atomic E-state index is 0.176. The zero-order valence-corrected chi connectivity index (χ0v) is 12.1. The van der Waals surface area contributed by atoms with Crippen LogP contribution in [-0.4, -0.2) is 38.8 Å². The van der Waals surface area contributed by atoms with E-state index in [0.29, 0.717) is 12.1 Å². The lowest BCUT2D eigenvalue weighted by molar-refractivity contribution is -0.117. The number of sulfonamides is 1. The number of nitrogens with one attached hydrogen (secondary N) is 1. The van der Waals surface area contributed by atoms with Crippen molar-refractivity contribution >= 4 is 21.6 Å². The van der Waals surface area contributed by atoms with Gasteiger partial charge in [-0.05, 0) is 30.7 Å². The molecule has 1 rings (SSSR count). The minimum Gasteiger partial charge on any atom is -0.325 e. The molecule has 0 aliphatic heterocycles. The van der Waals surface area contributed by atoms with Crippen LogP contribution >= 0.6 is 0 Å². The van der Waals surface area contributed by atoms with E-state index in [2.05, 4.69) is 5.32 Å². The van der Waals surface area contributed by atoms with Gasteiger partial charge in [-0.25, -0.2) is 12.7 Å². The maximum Gasteiger partial charge on any atom is 0.242 e. The lowest BCUT2D eigenvalue weighted by Gasteiger charge is -2.13. The Morgan fingerprint density at radius 3 is 2.26 bits per heavy atom. The van der Waals surface area contributed by atoms with E-state index in [1.807, 2.05) is 6.92 Å². The van der Waals surface area contributed by atoms with Gasteiger partial charge in [0.15, 0.2) is 0 Å². The zero-order valence-electron chi connectivity index (χ0n) is 11.3. The molecule has 0 fully saturated rings. The standard InChI is InChI=1S/C12H19N3O3S/c1-4-11(13)12(16)14-9-5-7-10(8-6-9)19(17,18)15(2)3/h5-8,11H,4,13H2,1-3H3,(H,14,16). The van der Waals surface area contributed by atoms with Gasteiger partial charge in [0.2, 0.25) is 15.9 Å². The lowest BCUT2D eigenvalue weighted by atomic mass is 10.2. The van der Waals surface area contributed by atoms with Gasteiger partial charge in [-0.2, -0.15) is 0 Å². The van der Waals surface area contributed by atoms with Crippen LogP contribution in [0.1, 0.15) is 13.3 Å². The summed E-state index contributed by atoms with van der Waals surface area (Å²) in [7, 11) is -0.520. The van der Waals surface area contributed by atoms with E-state index in [0.717, 1.165) is 4.31 Å². The first-order valence-electron chi connectivity index (χ1n) is 5.88. The number of rotatable bonds is 5. The minimum atomic E-state index is -3.45. The maximum atomic E-state index is 11.8. The Hall–Kier alpha value is -1.44. The Morgan fingerprint density at radius 2 is 1.84 bits per heavy atom. The van der Waals surface area contributed by atoms with Crippen LogP contribution in [0.5, 0.6) is 0 Å². The average molecular weight is 285 g/mol. The Bertz CT molecular complexity index is 538. The highest BCUT2D eigenvalue weighted by molar-refractivity contribution is 7.89. The number of hydrogen-bond acceptors (Lipinski definition) is 4. The van der Waals surface area contributed by atoms with Gasteiger partial charge >= 0.3 is 0 Å². The van der Waals surface area contributed by atoms with E-state index in [1.54, 1.807) is 0 Å². The molecule has 0 aliphatic rings. The summed E-state index contributed by atoms with van der Waals surface area (Å²) in [4.78, 5) is 11.7. The van der Waals surface area contributed by atoms with E-state index in [-0.39, 0.29) is 10.8 Å². The third-order valence-electron chi connectivity index (χ3n) is 2.68. The zero-order chi connectivity index (χ0) is 14.6. The van der Waals surface area contributed by atoms with E-state index < -0.39 is 16.1 Å². The Balaban J connectivity index is 2.86. The first kappa shape index (κ1) is 15.6. The van der Waals surface area contributed by atoms with E-state index in [1.165, 1.54) is 38.4 Å². The number of anilines is 1. The molecule has 1 unspecified atom stereocenters. The van der Waals surface area contributed by atoms with Crippen LogP contribution in [0.4, 0.5) is 5.69 Å². The summed E-state index contributed by atoms with van der Waals surface area (Å²) in [5.74, 6) is -0.286. The molecule has 0 aliphatic carbocycles. The second-order valence-corrected chi connectivity index (χ2v) is 6.47. The molecule has 1 aromatic carbocycles. The van der Waals surface area contributed by atoms with Crippen LogP contribution in [-0.2, 0) is 14.8 Å². The van der Waals surface area contributed by atoms with E-state index in [4.69, 9.17) is 5.73 Å². The smallest absolute Gasteiger partial charge is 0.242 e. The van der Waals surface area contributed by atoms with Crippen LogP contribution in [0.25, 0.3) is 0 Å². The lowest BCUT2D eigenvalue weighted by Crippen LogP contribution is -2.34. The molecule has 6 nitrogen and oxygen atoms in total. The van der Waals surface area contributed by atoms with Gasteiger partial charge in [-0.1, -0.05) is 6.92 Å². The summed E-state index contributed by atoms with van der Waals surface area (Å²) in [6.07, 6.45) is 0.541. The summed E-state index contributed by atoms with van der Waals surface area (Å²) in [5, 5.41) is 2.63. The van der Waals surface area contributed by atoms with Crippen molar-refractivity contribution in [3.63, 3.8) is 0 Å². The predicted octanol–water partition coefficient (Wildman–Crippen LogP) is 0.613. The largest absolute Gasteiger partial charge is 0.325 e. The average Bonchev–Trinajstić information content (AvgIpc) is 2.38. The summed E-state index contributed by atoms with van der Waals surface area (Å²) in [6.45, 7) is 1.82. The molecule has 0 aromatic heterocycles. The SMILES string of the molecule is CCC(N)C(=O)Nc1ccc(S(=O)(=O)N(C)C)cc1. The molecule has 3 N–H and O–H groups in total. The highest BCUT2D eigenvalue weighted by atomic mass is 32.2. The maximum absolute atomic E-state index is 11.8. The van der Waals surface area contributed by atoms with Gasteiger partial charge < -0.3 is 11.1 Å². The van der Waals surface area contributed by atoms with Gasteiger partial charge in [0.1, 0.15) is 0 Å². The Labute approximate surface area is 113 Å². The van der Waals surface area contributed by atoms with Crippen molar-refractivity contribution < 1.29 is 13.2 Å². The molecular formula is C12H19N3O3S. The molecule has 0 saturated heterocycles. The van der Waals surface area contributed by atoms with Crippen molar-refractivity contribution in [2.24, 2.45) is 5.73 Å². The molecule has 7 heteroatoms. The number of benzene rings is 1. The van der Waals surface area contributed by atoms with Crippen molar-refractivity contribution in [2.75, 3.05) is 19.4 Å². The van der Waals surface area contributed by atoms with Crippen LogP contribution in [0.3, 0.4) is 0 Å². The number of nitrogens with two attached hydrogens (primary N) is 1. The molecule has 0 heterocycles. The van der Waals surface area contributed by atoms with Crippen LogP contribution < -0.4 is 11.1 Å². The third kappa shape index (κ3) is 3.76. The molecule has 0 saturated carbocycles. The predicted molar refractivity (Wildman–Crippen MR) is 74.2 cm³/mol. The third-order valence-corrected chi connectivity index (χ3v) is 4.51. The first-order chi connectivity index (χ1) is 8.78. The molecule has 106 valence electrons. The van der Waals surface area contributed by atoms with Crippen LogP contribution in [0.15, 0.2) is 29.2 Å². The van der Waals surface area contributed by atoms with Crippen molar-refractivity contribution in [3.05, 3.63) is 24.3 Å². The van der Waals surface area contributed by atoms with Crippen molar-refractivity contribution in [1.29, 1.82) is 0 Å². The molecular weight excluding hydrogens is 266 g/mol. The van der Waals surface area contributed by atoms with Gasteiger partial charge in [-0.3, -0.25) is 4.79 Å². The van der Waals surface area contributed by atoms with E-state index in [9.17, 15) is 13.2 Å². The second kappa shape index (κ2) is 6.14. The number of amides is 1. The number of carbonyl (C=O) groups is 1. The highest BCUT2D eigenvalue weighted by Gasteiger charge is 2.17. The van der Waals surface area contributed by atoms with Gasteiger partial charge in [0, 0.05) is 19.8 Å². The second-order valence-electron chi connectivity index (χ2n) is 4.32. The molecule has 19 heavy (non-hydrogen) atoms. The van der Waals surface area contributed by atoms with Crippen molar-refractivity contribution in [3.8, 4) is 0 Å². The molecule has 1 amide bonds. The van der Waals surface area contributed by atoms with Crippen molar-refractivity contribution in [2.45, 2.75) is 24.3 Å². The fourth-order valence-corrected chi connectivity index (χ4v) is 2.24. The van der Waals surface area contributed by atoms with Crippen LogP contribution in [0.2, 0.25) is 0 Å². The first-order valence-corrected chi connectivity index (χ1v) is 7.32. The van der Waals surface area contributed by atoms with Crippen molar-refractivity contribution in [1.82, 2.24) is 4.31 Å². The molecule has 0 bridgehead atoms. The summed E-state index contributed by atoms with van der Waals surface area (Å²) < 4.78 is 24.8.